The van der Waals surface area contributed by atoms with Gasteiger partial charge in [0.15, 0.2) is 0 Å². The average Bonchev–Trinajstić information content (AvgIpc) is 2.24. The van der Waals surface area contributed by atoms with E-state index in [9.17, 15) is 9.18 Å². The number of halogens is 3. The molecule has 0 aliphatic heterocycles. The summed E-state index contributed by atoms with van der Waals surface area (Å²) in [6.07, 6.45) is 0.803. The van der Waals surface area contributed by atoms with Gasteiger partial charge in [0.05, 0.1) is 5.56 Å². The Morgan fingerprint density at radius 2 is 2.12 bits per heavy atom. The second kappa shape index (κ2) is 8.28. The van der Waals surface area contributed by atoms with Crippen molar-refractivity contribution in [3.8, 4) is 0 Å². The average molecular weight is 281 g/mol. The highest BCUT2D eigenvalue weighted by Crippen LogP contribution is 2.14. The summed E-state index contributed by atoms with van der Waals surface area (Å²) in [4.78, 5) is 11.5. The van der Waals surface area contributed by atoms with Crippen molar-refractivity contribution in [1.82, 2.24) is 10.6 Å². The highest BCUT2D eigenvalue weighted by molar-refractivity contribution is 6.30. The molecule has 6 heteroatoms. The van der Waals surface area contributed by atoms with Crippen LogP contribution in [-0.4, -0.2) is 26.0 Å². The number of hydrogen-bond donors (Lipinski definition) is 2. The fraction of sp³-hybridized carbons (Fsp3) is 0.364. The van der Waals surface area contributed by atoms with Crippen molar-refractivity contribution >= 4 is 29.9 Å². The minimum atomic E-state index is -0.599. The van der Waals surface area contributed by atoms with E-state index in [4.69, 9.17) is 11.6 Å². The van der Waals surface area contributed by atoms with Crippen LogP contribution in [0.1, 0.15) is 16.8 Å². The minimum absolute atomic E-state index is 0. The van der Waals surface area contributed by atoms with Crippen LogP contribution in [0.3, 0.4) is 0 Å². The maximum atomic E-state index is 13.3. The van der Waals surface area contributed by atoms with E-state index in [1.807, 2.05) is 7.05 Å². The molecule has 0 radical (unpaired) electrons. The fourth-order valence-electron chi connectivity index (χ4n) is 1.24. The summed E-state index contributed by atoms with van der Waals surface area (Å²) in [5.74, 6) is -1.01. The zero-order chi connectivity index (χ0) is 12.0. The molecule has 0 atom stereocenters. The van der Waals surface area contributed by atoms with E-state index in [0.717, 1.165) is 19.0 Å². The number of nitrogens with one attached hydrogen (secondary N) is 2. The van der Waals surface area contributed by atoms with Crippen LogP contribution in [0.2, 0.25) is 5.02 Å². The van der Waals surface area contributed by atoms with Crippen molar-refractivity contribution in [2.75, 3.05) is 20.1 Å². The Bertz CT molecular complexity index is 374. The van der Waals surface area contributed by atoms with Crippen molar-refractivity contribution in [2.24, 2.45) is 0 Å². The molecule has 1 aromatic rings. The number of carbonyl (C=O) groups excluding carboxylic acids is 1. The first-order valence-corrected chi connectivity index (χ1v) is 5.41. The van der Waals surface area contributed by atoms with Gasteiger partial charge in [-0.3, -0.25) is 4.79 Å². The zero-order valence-electron chi connectivity index (χ0n) is 9.43. The van der Waals surface area contributed by atoms with E-state index in [0.29, 0.717) is 6.54 Å². The van der Waals surface area contributed by atoms with Gasteiger partial charge in [-0.05, 0) is 38.2 Å². The molecule has 17 heavy (non-hydrogen) atoms. The van der Waals surface area contributed by atoms with Gasteiger partial charge in [-0.1, -0.05) is 11.6 Å². The first-order valence-electron chi connectivity index (χ1n) is 5.03. The van der Waals surface area contributed by atoms with Crippen molar-refractivity contribution in [2.45, 2.75) is 6.42 Å². The van der Waals surface area contributed by atoms with Crippen LogP contribution in [0, 0.1) is 5.82 Å². The Morgan fingerprint density at radius 3 is 2.71 bits per heavy atom. The van der Waals surface area contributed by atoms with Crippen molar-refractivity contribution < 1.29 is 9.18 Å². The smallest absolute Gasteiger partial charge is 0.254 e. The highest BCUT2D eigenvalue weighted by Gasteiger charge is 2.10. The molecule has 0 fully saturated rings. The number of hydrogen-bond acceptors (Lipinski definition) is 2. The lowest BCUT2D eigenvalue weighted by molar-refractivity contribution is 0.0949. The quantitative estimate of drug-likeness (QED) is 0.813. The maximum absolute atomic E-state index is 13.3. The lowest BCUT2D eigenvalue weighted by atomic mass is 10.2. The SMILES string of the molecule is CNCCCNC(=O)c1ccc(Cl)cc1F.Cl. The molecule has 1 aromatic carbocycles. The van der Waals surface area contributed by atoms with Gasteiger partial charge >= 0.3 is 0 Å². The zero-order valence-corrected chi connectivity index (χ0v) is 11.0. The van der Waals surface area contributed by atoms with Gasteiger partial charge in [0.1, 0.15) is 5.82 Å². The lowest BCUT2D eigenvalue weighted by Crippen LogP contribution is -2.27. The van der Waals surface area contributed by atoms with Crippen LogP contribution in [0.25, 0.3) is 0 Å². The number of rotatable bonds is 5. The molecule has 0 aliphatic rings. The molecular formula is C11H15Cl2FN2O. The molecule has 1 rings (SSSR count). The number of amides is 1. The van der Waals surface area contributed by atoms with E-state index in [1.165, 1.54) is 12.1 Å². The van der Waals surface area contributed by atoms with Gasteiger partial charge in [0.25, 0.3) is 5.91 Å². The van der Waals surface area contributed by atoms with Gasteiger partial charge in [0.2, 0.25) is 0 Å². The molecule has 0 saturated heterocycles. The number of carbonyl (C=O) groups is 1. The molecule has 0 spiro atoms. The molecule has 3 nitrogen and oxygen atoms in total. The lowest BCUT2D eigenvalue weighted by Gasteiger charge is -2.06. The molecule has 0 heterocycles. The van der Waals surface area contributed by atoms with Crippen molar-refractivity contribution in [3.63, 3.8) is 0 Å². The Balaban J connectivity index is 0.00000256. The summed E-state index contributed by atoms with van der Waals surface area (Å²) in [6, 6.07) is 4.00. The first-order chi connectivity index (χ1) is 7.65. The van der Waals surface area contributed by atoms with Gasteiger partial charge in [-0.25, -0.2) is 4.39 Å². The topological polar surface area (TPSA) is 41.1 Å². The number of benzene rings is 1. The Labute approximate surface area is 111 Å². The van der Waals surface area contributed by atoms with Crippen LogP contribution in [-0.2, 0) is 0 Å². The molecule has 2 N–H and O–H groups in total. The molecule has 0 saturated carbocycles. The predicted molar refractivity (Wildman–Crippen MR) is 69.5 cm³/mol. The fourth-order valence-corrected chi connectivity index (χ4v) is 1.39. The summed E-state index contributed by atoms with van der Waals surface area (Å²) >= 11 is 5.59. The molecule has 1 amide bonds. The van der Waals surface area contributed by atoms with Crippen LogP contribution in [0.15, 0.2) is 18.2 Å². The highest BCUT2D eigenvalue weighted by atomic mass is 35.5. The summed E-state index contributed by atoms with van der Waals surface area (Å²) in [5.41, 5.74) is 0.0221. The second-order valence-electron chi connectivity index (χ2n) is 3.34. The van der Waals surface area contributed by atoms with Crippen LogP contribution < -0.4 is 10.6 Å². The Morgan fingerprint density at radius 1 is 1.41 bits per heavy atom. The van der Waals surface area contributed by atoms with E-state index in [2.05, 4.69) is 10.6 Å². The summed E-state index contributed by atoms with van der Waals surface area (Å²) in [6.45, 7) is 1.32. The molecule has 0 aliphatic carbocycles. The van der Waals surface area contributed by atoms with E-state index < -0.39 is 11.7 Å². The van der Waals surface area contributed by atoms with Gasteiger partial charge in [-0.2, -0.15) is 0 Å². The van der Waals surface area contributed by atoms with Gasteiger partial charge in [-0.15, -0.1) is 12.4 Å². The molecule has 0 unspecified atom stereocenters. The third-order valence-corrected chi connectivity index (χ3v) is 2.30. The van der Waals surface area contributed by atoms with Gasteiger partial charge < -0.3 is 10.6 Å². The minimum Gasteiger partial charge on any atom is -0.352 e. The summed E-state index contributed by atoms with van der Waals surface area (Å²) < 4.78 is 13.3. The van der Waals surface area contributed by atoms with E-state index in [-0.39, 0.29) is 23.0 Å². The third kappa shape index (κ3) is 5.35. The standard InChI is InChI=1S/C11H14ClFN2O.ClH/c1-14-5-2-6-15-11(16)9-4-3-8(12)7-10(9)13;/h3-4,7,14H,2,5-6H2,1H3,(H,15,16);1H. The second-order valence-corrected chi connectivity index (χ2v) is 3.77. The molecule has 0 bridgehead atoms. The largest absolute Gasteiger partial charge is 0.352 e. The molecule has 96 valence electrons. The van der Waals surface area contributed by atoms with Crippen LogP contribution in [0.4, 0.5) is 4.39 Å². The monoisotopic (exact) mass is 280 g/mol. The maximum Gasteiger partial charge on any atom is 0.254 e. The Kier molecular flexibility index (Phi) is 7.87. The predicted octanol–water partition coefficient (Wildman–Crippen LogP) is 2.24. The van der Waals surface area contributed by atoms with Gasteiger partial charge in [0, 0.05) is 11.6 Å². The van der Waals surface area contributed by atoms with E-state index in [1.54, 1.807) is 0 Å². The summed E-state index contributed by atoms with van der Waals surface area (Å²) in [7, 11) is 1.83. The van der Waals surface area contributed by atoms with Crippen LogP contribution in [0.5, 0.6) is 0 Å². The molecule has 0 aromatic heterocycles. The first kappa shape index (κ1) is 16.2. The van der Waals surface area contributed by atoms with Crippen molar-refractivity contribution in [3.05, 3.63) is 34.6 Å². The third-order valence-electron chi connectivity index (χ3n) is 2.06. The normalized spacial score (nSPS) is 9.59. The molecular weight excluding hydrogens is 266 g/mol. The van der Waals surface area contributed by atoms with Crippen molar-refractivity contribution in [1.29, 1.82) is 0 Å². The van der Waals surface area contributed by atoms with E-state index >= 15 is 0 Å². The van der Waals surface area contributed by atoms with Crippen LogP contribution >= 0.6 is 24.0 Å². The summed E-state index contributed by atoms with van der Waals surface area (Å²) in [5, 5.41) is 5.87. The Hall–Kier alpha value is -0.840.